The number of imide groups is 1. The van der Waals surface area contributed by atoms with Crippen LogP contribution in [0.5, 0.6) is 0 Å². The predicted octanol–water partition coefficient (Wildman–Crippen LogP) is 2.18. The van der Waals surface area contributed by atoms with Crippen molar-refractivity contribution >= 4 is 22.9 Å². The van der Waals surface area contributed by atoms with Gasteiger partial charge in [0.15, 0.2) is 0 Å². The second kappa shape index (κ2) is 3.77. The van der Waals surface area contributed by atoms with Crippen LogP contribution < -0.4 is 0 Å². The number of allylic oxidation sites excluding steroid dienone is 1. The Bertz CT molecular complexity index is 300. The maximum atomic E-state index is 11.7. The standard InChI is InChI=1S/C10H13NO2S/c1-7-9(12)11(10(13)14-7)8-5-3-2-4-6-8/h3,5,7-8H,2,4,6H2,1H3. The van der Waals surface area contributed by atoms with E-state index in [1.165, 1.54) is 4.90 Å². The first-order valence-electron chi connectivity index (χ1n) is 4.90. The van der Waals surface area contributed by atoms with Crippen molar-refractivity contribution in [2.75, 3.05) is 0 Å². The largest absolute Gasteiger partial charge is 0.289 e. The Balaban J connectivity index is 2.16. The summed E-state index contributed by atoms with van der Waals surface area (Å²) in [5.74, 6) is -0.0310. The van der Waals surface area contributed by atoms with E-state index in [9.17, 15) is 9.59 Å². The Kier molecular flexibility index (Phi) is 2.63. The van der Waals surface area contributed by atoms with Crippen LogP contribution in [0.1, 0.15) is 26.2 Å². The van der Waals surface area contributed by atoms with Crippen molar-refractivity contribution in [1.82, 2.24) is 4.90 Å². The summed E-state index contributed by atoms with van der Waals surface area (Å²) in [6.07, 6.45) is 7.09. The molecule has 2 rings (SSSR count). The van der Waals surface area contributed by atoms with Crippen LogP contribution in [0.4, 0.5) is 4.79 Å². The van der Waals surface area contributed by atoms with Gasteiger partial charge in [-0.2, -0.15) is 0 Å². The predicted molar refractivity (Wildman–Crippen MR) is 56.1 cm³/mol. The topological polar surface area (TPSA) is 37.4 Å². The number of hydrogen-bond acceptors (Lipinski definition) is 3. The third-order valence-electron chi connectivity index (χ3n) is 2.62. The number of carbonyl (C=O) groups is 2. The maximum absolute atomic E-state index is 11.7. The summed E-state index contributed by atoms with van der Waals surface area (Å²) < 4.78 is 0. The smallest absolute Gasteiger partial charge is 0.273 e. The van der Waals surface area contributed by atoms with Crippen LogP contribution >= 0.6 is 11.8 Å². The zero-order valence-corrected chi connectivity index (χ0v) is 8.92. The van der Waals surface area contributed by atoms with E-state index in [-0.39, 0.29) is 22.4 Å². The van der Waals surface area contributed by atoms with E-state index in [0.717, 1.165) is 31.0 Å². The zero-order chi connectivity index (χ0) is 10.1. The highest BCUT2D eigenvalue weighted by atomic mass is 32.2. The number of carbonyl (C=O) groups excluding carboxylic acids is 2. The molecule has 0 aromatic rings. The van der Waals surface area contributed by atoms with Crippen LogP contribution in [0, 0.1) is 0 Å². The summed E-state index contributed by atoms with van der Waals surface area (Å²) in [6.45, 7) is 1.79. The molecule has 2 unspecified atom stereocenters. The highest BCUT2D eigenvalue weighted by Crippen LogP contribution is 2.31. The highest BCUT2D eigenvalue weighted by molar-refractivity contribution is 8.15. The summed E-state index contributed by atoms with van der Waals surface area (Å²) in [5, 5.41) is -0.281. The van der Waals surface area contributed by atoms with Crippen LogP contribution in [0.25, 0.3) is 0 Å². The molecule has 2 amide bonds. The third-order valence-corrected chi connectivity index (χ3v) is 3.57. The first-order chi connectivity index (χ1) is 6.70. The van der Waals surface area contributed by atoms with Crippen molar-refractivity contribution in [1.29, 1.82) is 0 Å². The van der Waals surface area contributed by atoms with Gasteiger partial charge in [-0.1, -0.05) is 23.9 Å². The molecule has 0 aromatic heterocycles. The summed E-state index contributed by atoms with van der Waals surface area (Å²) in [7, 11) is 0. The number of hydrogen-bond donors (Lipinski definition) is 0. The molecule has 1 aliphatic carbocycles. The van der Waals surface area contributed by atoms with E-state index in [0.29, 0.717) is 0 Å². The number of nitrogens with zero attached hydrogens (tertiary/aromatic N) is 1. The summed E-state index contributed by atoms with van der Waals surface area (Å²) in [4.78, 5) is 24.6. The zero-order valence-electron chi connectivity index (χ0n) is 8.10. The first kappa shape index (κ1) is 9.77. The van der Waals surface area contributed by atoms with Gasteiger partial charge in [-0.25, -0.2) is 0 Å². The van der Waals surface area contributed by atoms with Gasteiger partial charge in [0.25, 0.3) is 5.24 Å². The summed E-state index contributed by atoms with van der Waals surface area (Å²) in [5.41, 5.74) is 0. The van der Waals surface area contributed by atoms with Crippen molar-refractivity contribution in [3.63, 3.8) is 0 Å². The van der Waals surface area contributed by atoms with Crippen molar-refractivity contribution in [2.45, 2.75) is 37.5 Å². The Labute approximate surface area is 87.5 Å². The average Bonchev–Trinajstić information content (AvgIpc) is 2.43. The molecule has 1 heterocycles. The number of thioether (sulfide) groups is 1. The minimum Gasteiger partial charge on any atom is -0.273 e. The Morgan fingerprint density at radius 3 is 2.79 bits per heavy atom. The molecule has 0 saturated carbocycles. The molecule has 2 aliphatic rings. The van der Waals surface area contributed by atoms with Crippen LogP contribution in [0.2, 0.25) is 0 Å². The fraction of sp³-hybridized carbons (Fsp3) is 0.600. The van der Waals surface area contributed by atoms with Gasteiger partial charge in [0, 0.05) is 0 Å². The molecule has 0 spiro atoms. The molecular formula is C10H13NO2S. The van der Waals surface area contributed by atoms with Gasteiger partial charge in [0.2, 0.25) is 5.91 Å². The SMILES string of the molecule is CC1SC(=O)N(C2C=CCCC2)C1=O. The molecule has 76 valence electrons. The van der Waals surface area contributed by atoms with Gasteiger partial charge in [-0.15, -0.1) is 0 Å². The van der Waals surface area contributed by atoms with Crippen molar-refractivity contribution < 1.29 is 9.59 Å². The van der Waals surface area contributed by atoms with Crippen LogP contribution in [0.15, 0.2) is 12.2 Å². The molecule has 1 saturated heterocycles. The lowest BCUT2D eigenvalue weighted by atomic mass is 10.0. The molecule has 0 aromatic carbocycles. The molecule has 0 bridgehead atoms. The van der Waals surface area contributed by atoms with Gasteiger partial charge in [0.1, 0.15) is 0 Å². The van der Waals surface area contributed by atoms with Crippen molar-refractivity contribution in [3.05, 3.63) is 12.2 Å². The average molecular weight is 211 g/mol. The highest BCUT2D eigenvalue weighted by Gasteiger charge is 2.40. The van der Waals surface area contributed by atoms with Gasteiger partial charge in [-0.05, 0) is 26.2 Å². The van der Waals surface area contributed by atoms with Gasteiger partial charge < -0.3 is 0 Å². The monoisotopic (exact) mass is 211 g/mol. The molecule has 14 heavy (non-hydrogen) atoms. The fourth-order valence-corrected chi connectivity index (χ4v) is 2.71. The minimum absolute atomic E-state index is 0.0150. The second-order valence-corrected chi connectivity index (χ2v) is 4.95. The lowest BCUT2D eigenvalue weighted by Crippen LogP contribution is -2.39. The molecule has 2 atom stereocenters. The summed E-state index contributed by atoms with van der Waals surface area (Å²) >= 11 is 1.13. The number of rotatable bonds is 1. The quantitative estimate of drug-likeness (QED) is 0.624. The first-order valence-corrected chi connectivity index (χ1v) is 5.78. The molecule has 0 N–H and O–H groups in total. The van der Waals surface area contributed by atoms with Crippen LogP contribution in [-0.2, 0) is 4.79 Å². The van der Waals surface area contributed by atoms with Crippen molar-refractivity contribution in [3.8, 4) is 0 Å². The van der Waals surface area contributed by atoms with E-state index in [1.54, 1.807) is 6.92 Å². The van der Waals surface area contributed by atoms with Crippen LogP contribution in [-0.4, -0.2) is 27.3 Å². The maximum Gasteiger partial charge on any atom is 0.289 e. The Morgan fingerprint density at radius 2 is 2.29 bits per heavy atom. The third kappa shape index (κ3) is 1.59. The van der Waals surface area contributed by atoms with E-state index in [2.05, 4.69) is 6.08 Å². The van der Waals surface area contributed by atoms with Crippen molar-refractivity contribution in [2.24, 2.45) is 0 Å². The number of amides is 2. The molecule has 1 fully saturated rings. The fourth-order valence-electron chi connectivity index (χ4n) is 1.85. The molecule has 1 aliphatic heterocycles. The summed E-state index contributed by atoms with van der Waals surface area (Å²) in [6, 6.07) is 0.0150. The molecule has 0 radical (unpaired) electrons. The van der Waals surface area contributed by atoms with E-state index in [1.807, 2.05) is 6.08 Å². The van der Waals surface area contributed by atoms with E-state index < -0.39 is 0 Å². The van der Waals surface area contributed by atoms with Gasteiger partial charge >= 0.3 is 0 Å². The lowest BCUT2D eigenvalue weighted by molar-refractivity contribution is -0.127. The van der Waals surface area contributed by atoms with E-state index >= 15 is 0 Å². The van der Waals surface area contributed by atoms with Gasteiger partial charge in [0.05, 0.1) is 11.3 Å². The van der Waals surface area contributed by atoms with E-state index in [4.69, 9.17) is 0 Å². The Hall–Kier alpha value is -0.770. The van der Waals surface area contributed by atoms with Gasteiger partial charge in [-0.3, -0.25) is 14.5 Å². The molecule has 3 nitrogen and oxygen atoms in total. The second-order valence-electron chi connectivity index (χ2n) is 3.66. The molecular weight excluding hydrogens is 198 g/mol. The Morgan fingerprint density at radius 1 is 1.50 bits per heavy atom. The lowest BCUT2D eigenvalue weighted by Gasteiger charge is -2.24. The normalized spacial score (nSPS) is 32.8. The molecule has 4 heteroatoms. The minimum atomic E-state index is -0.196. The van der Waals surface area contributed by atoms with Crippen LogP contribution in [0.3, 0.4) is 0 Å².